The molecular weight excluding hydrogens is 410 g/mol. The van der Waals surface area contributed by atoms with E-state index in [0.29, 0.717) is 52.2 Å². The van der Waals surface area contributed by atoms with Gasteiger partial charge in [-0.15, -0.1) is 0 Å². The van der Waals surface area contributed by atoms with Gasteiger partial charge in [0.2, 0.25) is 5.78 Å². The predicted molar refractivity (Wildman–Crippen MR) is 121 cm³/mol. The molecule has 1 N–H and O–H groups in total. The number of allylic oxidation sites excluding steroid dienone is 1. The Morgan fingerprint density at radius 3 is 2.53 bits per heavy atom. The minimum atomic E-state index is -0.231. The van der Waals surface area contributed by atoms with Crippen molar-refractivity contribution in [3.8, 4) is 28.7 Å². The number of ketones is 1. The maximum absolute atomic E-state index is 13.1. The number of methoxy groups -OCH3 is 3. The van der Waals surface area contributed by atoms with Crippen molar-refractivity contribution in [2.24, 2.45) is 5.92 Å². The highest BCUT2D eigenvalue weighted by Crippen LogP contribution is 2.42. The number of rotatable bonds is 6. The van der Waals surface area contributed by atoms with Gasteiger partial charge in [0, 0.05) is 24.7 Å². The van der Waals surface area contributed by atoms with Gasteiger partial charge >= 0.3 is 0 Å². The molecule has 1 atom stereocenters. The molecule has 2 heterocycles. The quantitative estimate of drug-likeness (QED) is 0.674. The minimum Gasteiger partial charge on any atom is -0.507 e. The summed E-state index contributed by atoms with van der Waals surface area (Å²) in [5.74, 6) is 2.68. The highest BCUT2D eigenvalue weighted by molar-refractivity contribution is 6.15. The number of nitrogens with zero attached hydrogens (tertiary/aromatic N) is 1. The fourth-order valence-corrected chi connectivity index (χ4v) is 4.41. The first-order valence-electron chi connectivity index (χ1n) is 10.8. The van der Waals surface area contributed by atoms with Crippen LogP contribution in [0.4, 0.5) is 0 Å². The highest BCUT2D eigenvalue weighted by Gasteiger charge is 2.32. The average molecular weight is 440 g/mol. The number of piperidine rings is 1. The van der Waals surface area contributed by atoms with Gasteiger partial charge in [0.1, 0.15) is 17.2 Å². The molecule has 2 aromatic rings. The summed E-state index contributed by atoms with van der Waals surface area (Å²) in [6.07, 6.45) is 3.97. The molecule has 0 bridgehead atoms. The van der Waals surface area contributed by atoms with Crippen LogP contribution in [0.1, 0.15) is 41.3 Å². The number of likely N-dealkylation sites (tertiary alicyclic amines) is 1. The Morgan fingerprint density at radius 2 is 1.84 bits per heavy atom. The third-order valence-electron chi connectivity index (χ3n) is 6.06. The fourth-order valence-electron chi connectivity index (χ4n) is 4.41. The zero-order valence-corrected chi connectivity index (χ0v) is 18.9. The van der Waals surface area contributed by atoms with E-state index in [4.69, 9.17) is 18.9 Å². The van der Waals surface area contributed by atoms with Gasteiger partial charge in [-0.25, -0.2) is 0 Å². The van der Waals surface area contributed by atoms with E-state index in [0.717, 1.165) is 19.5 Å². The number of phenolic OH excluding ortho intramolecular Hbond substituents is 1. The maximum Gasteiger partial charge on any atom is 0.231 e. The van der Waals surface area contributed by atoms with Crippen LogP contribution in [0.25, 0.3) is 6.08 Å². The summed E-state index contributed by atoms with van der Waals surface area (Å²) >= 11 is 0. The molecule has 7 nitrogen and oxygen atoms in total. The van der Waals surface area contributed by atoms with Crippen molar-refractivity contribution in [1.82, 2.24) is 4.90 Å². The predicted octanol–water partition coefficient (Wildman–Crippen LogP) is 4.27. The van der Waals surface area contributed by atoms with Crippen LogP contribution in [-0.2, 0) is 6.54 Å². The monoisotopic (exact) mass is 439 g/mol. The Labute approximate surface area is 188 Å². The van der Waals surface area contributed by atoms with E-state index in [1.807, 2.05) is 0 Å². The molecule has 7 heteroatoms. The van der Waals surface area contributed by atoms with E-state index in [1.54, 1.807) is 51.7 Å². The Kier molecular flexibility index (Phi) is 6.28. The van der Waals surface area contributed by atoms with Gasteiger partial charge in [-0.3, -0.25) is 9.69 Å². The second-order valence-electron chi connectivity index (χ2n) is 8.31. The lowest BCUT2D eigenvalue weighted by Crippen LogP contribution is -2.33. The summed E-state index contributed by atoms with van der Waals surface area (Å²) in [7, 11) is 4.64. The topological polar surface area (TPSA) is 77.5 Å². The molecule has 1 fully saturated rings. The van der Waals surface area contributed by atoms with E-state index >= 15 is 0 Å². The highest BCUT2D eigenvalue weighted by atomic mass is 16.5. The van der Waals surface area contributed by atoms with Gasteiger partial charge in [0.15, 0.2) is 17.3 Å². The zero-order valence-electron chi connectivity index (χ0n) is 18.9. The number of fused-ring (bicyclic) bond motifs is 1. The number of ether oxygens (including phenoxy) is 4. The van der Waals surface area contributed by atoms with Crippen LogP contribution in [0.15, 0.2) is 30.0 Å². The van der Waals surface area contributed by atoms with Gasteiger partial charge in [-0.05, 0) is 49.6 Å². The van der Waals surface area contributed by atoms with E-state index in [9.17, 15) is 9.90 Å². The normalized spacial score (nSPS) is 19.6. The number of phenols is 1. The van der Waals surface area contributed by atoms with Crippen molar-refractivity contribution in [3.63, 3.8) is 0 Å². The fraction of sp³-hybridized carbons (Fsp3) is 0.400. The molecule has 4 rings (SSSR count). The number of benzene rings is 2. The third-order valence-corrected chi connectivity index (χ3v) is 6.06. The number of carbonyl (C=O) groups excluding carboxylic acids is 1. The molecule has 32 heavy (non-hydrogen) atoms. The molecule has 0 radical (unpaired) electrons. The van der Waals surface area contributed by atoms with Crippen LogP contribution < -0.4 is 18.9 Å². The van der Waals surface area contributed by atoms with Crippen LogP contribution in [-0.4, -0.2) is 50.2 Å². The second-order valence-corrected chi connectivity index (χ2v) is 8.31. The number of aromatic hydroxyl groups is 1. The minimum absolute atomic E-state index is 0.139. The van der Waals surface area contributed by atoms with Crippen molar-refractivity contribution in [2.45, 2.75) is 26.3 Å². The molecule has 2 aromatic carbocycles. The van der Waals surface area contributed by atoms with Gasteiger partial charge in [0.05, 0.1) is 32.5 Å². The Bertz CT molecular complexity index is 1060. The molecular formula is C25H29NO6. The SMILES string of the molecule is COc1cc(OC)c(OC)cc1/C=C1\Oc2c(ccc(O)c2CN2CCC[C@@H](C)C2)C1=O. The third kappa shape index (κ3) is 4.12. The van der Waals surface area contributed by atoms with Crippen molar-refractivity contribution in [1.29, 1.82) is 0 Å². The summed E-state index contributed by atoms with van der Waals surface area (Å²) in [5, 5.41) is 10.6. The second kappa shape index (κ2) is 9.12. The molecule has 0 aliphatic carbocycles. The van der Waals surface area contributed by atoms with Crippen molar-refractivity contribution >= 4 is 11.9 Å². The van der Waals surface area contributed by atoms with Crippen LogP contribution in [0.2, 0.25) is 0 Å². The number of hydrogen-bond acceptors (Lipinski definition) is 7. The van der Waals surface area contributed by atoms with E-state index in [2.05, 4.69) is 11.8 Å². The summed E-state index contributed by atoms with van der Waals surface area (Å²) in [6.45, 7) is 4.70. The number of carbonyl (C=O) groups is 1. The van der Waals surface area contributed by atoms with Crippen molar-refractivity contribution in [2.75, 3.05) is 34.4 Å². The molecule has 0 saturated carbocycles. The molecule has 0 amide bonds. The first-order chi connectivity index (χ1) is 15.4. The lowest BCUT2D eigenvalue weighted by atomic mass is 9.99. The molecule has 2 aliphatic heterocycles. The Morgan fingerprint density at radius 1 is 1.12 bits per heavy atom. The summed E-state index contributed by atoms with van der Waals surface area (Å²) in [4.78, 5) is 15.4. The molecule has 2 aliphatic rings. The van der Waals surface area contributed by atoms with Gasteiger partial charge in [0.25, 0.3) is 0 Å². The van der Waals surface area contributed by atoms with Crippen molar-refractivity contribution < 1.29 is 28.8 Å². The van der Waals surface area contributed by atoms with Crippen LogP contribution in [0.3, 0.4) is 0 Å². The molecule has 0 unspecified atom stereocenters. The molecule has 1 saturated heterocycles. The van der Waals surface area contributed by atoms with Crippen LogP contribution in [0.5, 0.6) is 28.7 Å². The van der Waals surface area contributed by atoms with Gasteiger partial charge in [-0.2, -0.15) is 0 Å². The van der Waals surface area contributed by atoms with Crippen LogP contribution >= 0.6 is 0 Å². The van der Waals surface area contributed by atoms with Gasteiger partial charge < -0.3 is 24.1 Å². The molecule has 0 aromatic heterocycles. The van der Waals surface area contributed by atoms with E-state index in [1.165, 1.54) is 6.42 Å². The Balaban J connectivity index is 1.68. The van der Waals surface area contributed by atoms with Gasteiger partial charge in [-0.1, -0.05) is 6.92 Å². The van der Waals surface area contributed by atoms with Crippen LogP contribution in [0, 0.1) is 5.92 Å². The largest absolute Gasteiger partial charge is 0.507 e. The van der Waals surface area contributed by atoms with E-state index < -0.39 is 0 Å². The lowest BCUT2D eigenvalue weighted by Gasteiger charge is -2.31. The maximum atomic E-state index is 13.1. The van der Waals surface area contributed by atoms with Crippen molar-refractivity contribution in [3.05, 3.63) is 46.7 Å². The first kappa shape index (κ1) is 22.0. The zero-order chi connectivity index (χ0) is 22.8. The first-order valence-corrected chi connectivity index (χ1v) is 10.8. The Hall–Kier alpha value is -3.19. The van der Waals surface area contributed by atoms with E-state index in [-0.39, 0.29) is 17.3 Å². The lowest BCUT2D eigenvalue weighted by molar-refractivity contribution is 0.101. The summed E-state index contributed by atoms with van der Waals surface area (Å²) in [6, 6.07) is 6.62. The standard InChI is InChI=1S/C25H29NO6/c1-15-6-5-9-26(13-15)14-18-19(27)8-7-17-24(28)23(32-25(17)18)11-16-10-21(30-3)22(31-4)12-20(16)29-2/h7-8,10-12,15,27H,5-6,9,13-14H2,1-4H3/b23-11-/t15-/m1/s1. The molecule has 170 valence electrons. The number of Topliss-reactive ketones (excluding diaryl/α,β-unsaturated/α-hetero) is 1. The smallest absolute Gasteiger partial charge is 0.231 e. The molecule has 0 spiro atoms. The number of hydrogen-bond donors (Lipinski definition) is 1. The summed E-state index contributed by atoms with van der Waals surface area (Å²) < 4.78 is 22.2. The summed E-state index contributed by atoms with van der Waals surface area (Å²) in [5.41, 5.74) is 1.72. The average Bonchev–Trinajstić information content (AvgIpc) is 3.10.